The topological polar surface area (TPSA) is 9.23 Å². The summed E-state index contributed by atoms with van der Waals surface area (Å²) in [5.74, 6) is -1.75. The van der Waals surface area contributed by atoms with Crippen molar-refractivity contribution in [3.05, 3.63) is 41.5 Å². The summed E-state index contributed by atoms with van der Waals surface area (Å²) in [4.78, 5) is 0. The molecule has 2 rings (SSSR count). The van der Waals surface area contributed by atoms with Gasteiger partial charge in [-0.2, -0.15) is 8.78 Å². The fraction of sp³-hybridized carbons (Fsp3) is 0.636. The molecule has 0 aliphatic heterocycles. The molecule has 0 saturated heterocycles. The average Bonchev–Trinajstić information content (AvgIpc) is 2.63. The second-order valence-electron chi connectivity index (χ2n) is 7.50. The Bertz CT molecular complexity index is 569. The molecule has 1 aromatic carbocycles. The molecule has 1 aliphatic rings. The smallest absolute Gasteiger partial charge is 0.387 e. The van der Waals surface area contributed by atoms with Gasteiger partial charge in [0.2, 0.25) is 0 Å². The number of aryl methyl sites for hydroxylation is 1. The molecule has 0 N–H and O–H groups in total. The molecule has 5 heteroatoms. The van der Waals surface area contributed by atoms with Crippen LogP contribution in [-0.2, 0) is 6.42 Å². The molecular formula is C22H30F4O. The number of halogens is 4. The lowest BCUT2D eigenvalue weighted by molar-refractivity contribution is -0.0546. The summed E-state index contributed by atoms with van der Waals surface area (Å²) in [7, 11) is 0. The van der Waals surface area contributed by atoms with Crippen LogP contribution in [-0.4, -0.2) is 6.61 Å². The van der Waals surface area contributed by atoms with Gasteiger partial charge in [0.15, 0.2) is 17.4 Å². The Hall–Kier alpha value is -1.52. The largest absolute Gasteiger partial charge is 0.429 e. The highest BCUT2D eigenvalue weighted by Gasteiger charge is 2.21. The zero-order valence-corrected chi connectivity index (χ0v) is 16.0. The molecule has 0 spiro atoms. The number of ether oxygens (including phenoxy) is 1. The van der Waals surface area contributed by atoms with Crippen LogP contribution in [0.15, 0.2) is 24.3 Å². The van der Waals surface area contributed by atoms with E-state index in [2.05, 4.69) is 23.8 Å². The number of unbranched alkanes of at least 4 members (excludes halogenated alkanes) is 1. The lowest BCUT2D eigenvalue weighted by atomic mass is 9.78. The maximum absolute atomic E-state index is 13.8. The van der Waals surface area contributed by atoms with Gasteiger partial charge in [0.05, 0.1) is 0 Å². The lowest BCUT2D eigenvalue weighted by Crippen LogP contribution is -2.15. The van der Waals surface area contributed by atoms with Crippen LogP contribution in [0.4, 0.5) is 17.6 Å². The quantitative estimate of drug-likeness (QED) is 0.231. The van der Waals surface area contributed by atoms with Gasteiger partial charge in [-0.3, -0.25) is 0 Å². The number of rotatable bonds is 10. The minimum absolute atomic E-state index is 0.497. The summed E-state index contributed by atoms with van der Waals surface area (Å²) >= 11 is 0. The van der Waals surface area contributed by atoms with Crippen molar-refractivity contribution < 1.29 is 22.3 Å². The molecule has 0 aromatic heterocycles. The number of hydrogen-bond acceptors (Lipinski definition) is 1. The first-order valence-corrected chi connectivity index (χ1v) is 10.1. The van der Waals surface area contributed by atoms with E-state index in [1.165, 1.54) is 25.7 Å². The Balaban J connectivity index is 1.73. The molecule has 0 amide bonds. The predicted molar refractivity (Wildman–Crippen MR) is 100 cm³/mol. The second kappa shape index (κ2) is 11.4. The van der Waals surface area contributed by atoms with Crippen LogP contribution in [0.5, 0.6) is 5.75 Å². The third-order valence-electron chi connectivity index (χ3n) is 5.46. The van der Waals surface area contributed by atoms with E-state index in [1.54, 1.807) is 0 Å². The minimum atomic E-state index is -3.24. The normalized spacial score (nSPS) is 20.5. The van der Waals surface area contributed by atoms with Crippen molar-refractivity contribution in [3.8, 4) is 5.75 Å². The van der Waals surface area contributed by atoms with Crippen molar-refractivity contribution in [2.24, 2.45) is 11.8 Å². The summed E-state index contributed by atoms with van der Waals surface area (Å²) in [6.45, 7) is -1.09. The molecule has 1 aliphatic carbocycles. The highest BCUT2D eigenvalue weighted by molar-refractivity contribution is 5.31. The van der Waals surface area contributed by atoms with E-state index in [0.29, 0.717) is 17.9 Å². The number of benzene rings is 1. The second-order valence-corrected chi connectivity index (χ2v) is 7.50. The zero-order chi connectivity index (χ0) is 19.6. The van der Waals surface area contributed by atoms with Gasteiger partial charge in [0.25, 0.3) is 0 Å². The van der Waals surface area contributed by atoms with Gasteiger partial charge in [0.1, 0.15) is 0 Å². The summed E-state index contributed by atoms with van der Waals surface area (Å²) in [6, 6.07) is 2.21. The Labute approximate surface area is 159 Å². The van der Waals surface area contributed by atoms with E-state index in [-0.39, 0.29) is 0 Å². The van der Waals surface area contributed by atoms with Gasteiger partial charge >= 0.3 is 6.61 Å². The molecule has 0 bridgehead atoms. The summed E-state index contributed by atoms with van der Waals surface area (Å²) in [5, 5.41) is 0. The molecule has 0 heterocycles. The van der Waals surface area contributed by atoms with Crippen LogP contribution in [0.2, 0.25) is 0 Å². The molecule has 1 nitrogen and oxygen atoms in total. The van der Waals surface area contributed by atoms with E-state index >= 15 is 0 Å². The van der Waals surface area contributed by atoms with Crippen LogP contribution >= 0.6 is 0 Å². The fourth-order valence-electron chi connectivity index (χ4n) is 3.95. The van der Waals surface area contributed by atoms with Crippen molar-refractivity contribution in [1.29, 1.82) is 0 Å². The Morgan fingerprint density at radius 1 is 1.00 bits per heavy atom. The minimum Gasteiger partial charge on any atom is -0.429 e. The lowest BCUT2D eigenvalue weighted by Gasteiger charge is -2.28. The van der Waals surface area contributed by atoms with Crippen LogP contribution < -0.4 is 4.74 Å². The van der Waals surface area contributed by atoms with Gasteiger partial charge in [-0.15, -0.1) is 0 Å². The monoisotopic (exact) mass is 386 g/mol. The molecular weight excluding hydrogens is 356 g/mol. The summed E-state index contributed by atoms with van der Waals surface area (Å²) in [6.07, 6.45) is 15.5. The number of allylic oxidation sites excluding steroid dienone is 2. The van der Waals surface area contributed by atoms with Crippen molar-refractivity contribution in [1.82, 2.24) is 0 Å². The molecule has 0 atom stereocenters. The van der Waals surface area contributed by atoms with E-state index in [0.717, 1.165) is 50.2 Å². The maximum atomic E-state index is 13.8. The number of alkyl halides is 2. The van der Waals surface area contributed by atoms with Crippen LogP contribution in [0.1, 0.15) is 70.3 Å². The average molecular weight is 386 g/mol. The van der Waals surface area contributed by atoms with Gasteiger partial charge in [-0.1, -0.05) is 51.2 Å². The van der Waals surface area contributed by atoms with Crippen molar-refractivity contribution in [3.63, 3.8) is 0 Å². The van der Waals surface area contributed by atoms with Gasteiger partial charge < -0.3 is 4.74 Å². The van der Waals surface area contributed by atoms with Gasteiger partial charge in [-0.05, 0) is 61.6 Å². The molecule has 152 valence electrons. The van der Waals surface area contributed by atoms with Gasteiger partial charge in [-0.25, -0.2) is 8.78 Å². The Morgan fingerprint density at radius 3 is 2.15 bits per heavy atom. The molecule has 0 radical (unpaired) electrons. The molecule has 1 saturated carbocycles. The third-order valence-corrected chi connectivity index (χ3v) is 5.46. The van der Waals surface area contributed by atoms with Crippen molar-refractivity contribution in [2.75, 3.05) is 0 Å². The highest BCUT2D eigenvalue weighted by atomic mass is 19.3. The highest BCUT2D eigenvalue weighted by Crippen LogP contribution is 2.34. The third kappa shape index (κ3) is 7.55. The molecule has 1 fully saturated rings. The maximum Gasteiger partial charge on any atom is 0.387 e. The van der Waals surface area contributed by atoms with E-state index in [4.69, 9.17) is 0 Å². The summed E-state index contributed by atoms with van der Waals surface area (Å²) < 4.78 is 55.8. The Morgan fingerprint density at radius 2 is 1.59 bits per heavy atom. The Kier molecular flexibility index (Phi) is 9.16. The first-order chi connectivity index (χ1) is 13.0. The standard InChI is InChI=1S/C22H30F4O/c1-2-3-4-5-6-7-16-8-10-17(11-9-16)12-13-18-14-19(23)21(20(24)15-18)27-22(25)26/h3-4,14-17,22H,2,5-13H2,1H3. The van der Waals surface area contributed by atoms with E-state index in [1.807, 2.05) is 0 Å². The van der Waals surface area contributed by atoms with E-state index in [9.17, 15) is 17.6 Å². The van der Waals surface area contributed by atoms with Crippen LogP contribution in [0, 0.1) is 23.5 Å². The van der Waals surface area contributed by atoms with Crippen molar-refractivity contribution >= 4 is 0 Å². The van der Waals surface area contributed by atoms with Gasteiger partial charge in [0, 0.05) is 0 Å². The first kappa shape index (κ1) is 21.8. The van der Waals surface area contributed by atoms with Crippen LogP contribution in [0.3, 0.4) is 0 Å². The predicted octanol–water partition coefficient (Wildman–Crippen LogP) is 7.44. The van der Waals surface area contributed by atoms with Crippen molar-refractivity contribution in [2.45, 2.75) is 77.7 Å². The zero-order valence-electron chi connectivity index (χ0n) is 16.0. The molecule has 0 unspecified atom stereocenters. The molecule has 27 heavy (non-hydrogen) atoms. The summed E-state index contributed by atoms with van der Waals surface area (Å²) in [5.41, 5.74) is 0.497. The molecule has 1 aromatic rings. The van der Waals surface area contributed by atoms with Crippen LogP contribution in [0.25, 0.3) is 0 Å². The SMILES string of the molecule is CCC=CCCCC1CCC(CCc2cc(F)c(OC(F)F)c(F)c2)CC1. The fourth-order valence-corrected chi connectivity index (χ4v) is 3.95. The van der Waals surface area contributed by atoms with E-state index < -0.39 is 24.0 Å². The number of hydrogen-bond donors (Lipinski definition) is 0. The first-order valence-electron chi connectivity index (χ1n) is 10.1.